The van der Waals surface area contributed by atoms with E-state index in [-0.39, 0.29) is 5.12 Å². The molecule has 0 aromatic carbocycles. The lowest BCUT2D eigenvalue weighted by atomic mass is 10.4. The van der Waals surface area contributed by atoms with E-state index in [1.165, 1.54) is 11.8 Å². The first-order valence-corrected chi connectivity index (χ1v) is 9.32. The van der Waals surface area contributed by atoms with Crippen molar-refractivity contribution in [3.8, 4) is 0 Å². The minimum Gasteiger partial charge on any atom is -0.282 e. The second-order valence-electron chi connectivity index (χ2n) is 3.45. The van der Waals surface area contributed by atoms with Gasteiger partial charge in [0.05, 0.1) is 0 Å². The van der Waals surface area contributed by atoms with Gasteiger partial charge in [0.1, 0.15) is 0 Å². The molecule has 0 N–H and O–H groups in total. The number of aromatic nitrogens is 2. The number of thioether (sulfide) groups is 3. The Labute approximate surface area is 125 Å². The van der Waals surface area contributed by atoms with Crippen molar-refractivity contribution >= 4 is 51.7 Å². The fourth-order valence-corrected chi connectivity index (χ4v) is 4.65. The summed E-state index contributed by atoms with van der Waals surface area (Å²) >= 11 is 6.35. The molecular weight excluding hydrogens is 304 g/mol. The first-order chi connectivity index (χ1) is 8.63. The van der Waals surface area contributed by atoms with E-state index in [1.54, 1.807) is 41.8 Å². The lowest BCUT2D eigenvalue weighted by molar-refractivity contribution is -0.107. The van der Waals surface area contributed by atoms with Crippen molar-refractivity contribution in [2.45, 2.75) is 28.9 Å². The van der Waals surface area contributed by atoms with E-state index in [0.29, 0.717) is 5.57 Å². The normalized spacial score (nSPS) is 10.6. The highest BCUT2D eigenvalue weighted by Gasteiger charge is 2.06. The summed E-state index contributed by atoms with van der Waals surface area (Å²) < 4.78 is 2.02. The molecule has 0 spiro atoms. The Bertz CT molecular complexity index is 406. The summed E-state index contributed by atoms with van der Waals surface area (Å²) in [7, 11) is 0. The van der Waals surface area contributed by atoms with Crippen molar-refractivity contribution in [1.82, 2.24) is 10.2 Å². The van der Waals surface area contributed by atoms with Gasteiger partial charge in [0.25, 0.3) is 0 Å². The molecule has 1 aromatic rings. The average molecular weight is 321 g/mol. The predicted molar refractivity (Wildman–Crippen MR) is 83.9 cm³/mol. The molecule has 7 heteroatoms. The summed E-state index contributed by atoms with van der Waals surface area (Å²) in [6.45, 7) is 7.52. The largest absolute Gasteiger partial charge is 0.282 e. The van der Waals surface area contributed by atoms with Crippen LogP contribution in [0.2, 0.25) is 0 Å². The van der Waals surface area contributed by atoms with Gasteiger partial charge in [-0.1, -0.05) is 60.1 Å². The Morgan fingerprint density at radius 3 is 2.39 bits per heavy atom. The van der Waals surface area contributed by atoms with Crippen LogP contribution in [0.3, 0.4) is 0 Å². The van der Waals surface area contributed by atoms with Crippen LogP contribution in [0.25, 0.3) is 0 Å². The Hall–Kier alpha value is 0.0200. The van der Waals surface area contributed by atoms with Crippen LogP contribution in [0.1, 0.15) is 20.3 Å². The van der Waals surface area contributed by atoms with Gasteiger partial charge in [-0.2, -0.15) is 0 Å². The zero-order valence-electron chi connectivity index (χ0n) is 10.5. The Morgan fingerprint density at radius 1 is 1.22 bits per heavy atom. The van der Waals surface area contributed by atoms with Crippen molar-refractivity contribution in [2.75, 3.05) is 17.3 Å². The van der Waals surface area contributed by atoms with Crippen LogP contribution in [0.5, 0.6) is 0 Å². The first-order valence-electron chi connectivity index (χ1n) is 5.55. The van der Waals surface area contributed by atoms with Gasteiger partial charge in [0, 0.05) is 17.3 Å². The molecule has 0 radical (unpaired) electrons. The van der Waals surface area contributed by atoms with E-state index in [9.17, 15) is 4.79 Å². The van der Waals surface area contributed by atoms with Crippen LogP contribution in [-0.2, 0) is 4.79 Å². The van der Waals surface area contributed by atoms with Gasteiger partial charge in [-0.3, -0.25) is 4.79 Å². The molecule has 1 rings (SSSR count). The van der Waals surface area contributed by atoms with E-state index in [2.05, 4.69) is 23.7 Å². The monoisotopic (exact) mass is 320 g/mol. The van der Waals surface area contributed by atoms with E-state index >= 15 is 0 Å². The van der Waals surface area contributed by atoms with Gasteiger partial charge < -0.3 is 0 Å². The molecular formula is C11H16N2OS4. The topological polar surface area (TPSA) is 42.9 Å². The molecule has 0 fully saturated rings. The lowest BCUT2D eigenvalue weighted by Gasteiger charge is -1.97. The molecule has 100 valence electrons. The highest BCUT2D eigenvalue weighted by Crippen LogP contribution is 2.29. The van der Waals surface area contributed by atoms with Gasteiger partial charge in [0.15, 0.2) is 8.68 Å². The van der Waals surface area contributed by atoms with E-state index in [4.69, 9.17) is 0 Å². The molecule has 0 saturated heterocycles. The predicted octanol–water partition coefficient (Wildman–Crippen LogP) is 3.97. The second-order valence-corrected chi connectivity index (χ2v) is 8.18. The summed E-state index contributed by atoms with van der Waals surface area (Å²) in [5.74, 6) is 2.74. The summed E-state index contributed by atoms with van der Waals surface area (Å²) in [4.78, 5) is 11.3. The average Bonchev–Trinajstić information content (AvgIpc) is 2.79. The van der Waals surface area contributed by atoms with Crippen molar-refractivity contribution < 1.29 is 4.79 Å². The van der Waals surface area contributed by atoms with E-state index < -0.39 is 0 Å². The third kappa shape index (κ3) is 6.26. The summed E-state index contributed by atoms with van der Waals surface area (Å²) in [6.07, 6.45) is 1.15. The number of rotatable bonds is 8. The third-order valence-electron chi connectivity index (χ3n) is 1.71. The number of carbonyl (C=O) groups is 1. The van der Waals surface area contributed by atoms with E-state index in [1.807, 2.05) is 0 Å². The number of carbonyl (C=O) groups excluding carboxylic acids is 1. The highest BCUT2D eigenvalue weighted by atomic mass is 32.2. The Balaban J connectivity index is 2.21. The van der Waals surface area contributed by atoms with Crippen molar-refractivity contribution in [1.29, 1.82) is 0 Å². The van der Waals surface area contributed by atoms with Gasteiger partial charge in [-0.25, -0.2) is 0 Å². The Kier molecular flexibility index (Phi) is 8.05. The minimum absolute atomic E-state index is 0.0760. The summed E-state index contributed by atoms with van der Waals surface area (Å²) in [5, 5.41) is 8.31. The molecule has 1 aromatic heterocycles. The quantitative estimate of drug-likeness (QED) is 0.410. The van der Waals surface area contributed by atoms with Gasteiger partial charge in [-0.05, 0) is 18.9 Å². The maximum Gasteiger partial charge on any atom is 0.214 e. The van der Waals surface area contributed by atoms with Crippen LogP contribution < -0.4 is 0 Å². The number of nitrogens with zero attached hydrogens (tertiary/aromatic N) is 2. The van der Waals surface area contributed by atoms with Crippen LogP contribution in [0.15, 0.2) is 20.8 Å². The molecule has 0 aliphatic rings. The summed E-state index contributed by atoms with van der Waals surface area (Å²) in [6, 6.07) is 0. The zero-order valence-corrected chi connectivity index (χ0v) is 13.7. The van der Waals surface area contributed by atoms with Crippen LogP contribution >= 0.6 is 46.6 Å². The number of hydrogen-bond donors (Lipinski definition) is 0. The molecule has 0 aliphatic heterocycles. The second kappa shape index (κ2) is 9.01. The van der Waals surface area contributed by atoms with Crippen LogP contribution in [0, 0.1) is 0 Å². The maximum atomic E-state index is 11.3. The van der Waals surface area contributed by atoms with Gasteiger partial charge in [-0.15, -0.1) is 10.2 Å². The van der Waals surface area contributed by atoms with Crippen LogP contribution in [-0.4, -0.2) is 32.6 Å². The molecule has 3 nitrogen and oxygen atoms in total. The van der Waals surface area contributed by atoms with Crippen LogP contribution in [0.4, 0.5) is 0 Å². The third-order valence-corrected chi connectivity index (χ3v) is 6.38. The maximum absolute atomic E-state index is 11.3. The van der Waals surface area contributed by atoms with Gasteiger partial charge in [0.2, 0.25) is 5.12 Å². The fraction of sp³-hybridized carbons (Fsp3) is 0.545. The molecule has 0 aliphatic carbocycles. The van der Waals surface area contributed by atoms with Gasteiger partial charge >= 0.3 is 0 Å². The first kappa shape index (κ1) is 16.1. The number of hydrogen-bond acceptors (Lipinski definition) is 7. The molecule has 0 saturated carbocycles. The van der Waals surface area contributed by atoms with Crippen molar-refractivity contribution in [3.63, 3.8) is 0 Å². The molecule has 18 heavy (non-hydrogen) atoms. The summed E-state index contributed by atoms with van der Waals surface area (Å²) in [5.41, 5.74) is 0.610. The van der Waals surface area contributed by atoms with Crippen molar-refractivity contribution in [3.05, 3.63) is 12.2 Å². The molecule has 0 atom stereocenters. The molecule has 1 heterocycles. The SMILES string of the molecule is C=C(C)C(=O)SCCSc1nnc(SCCC)s1. The molecule has 0 unspecified atom stereocenters. The van der Waals surface area contributed by atoms with Crippen molar-refractivity contribution in [2.24, 2.45) is 0 Å². The molecule has 0 amide bonds. The minimum atomic E-state index is 0.0760. The van der Waals surface area contributed by atoms with E-state index in [0.717, 1.165) is 32.4 Å². The highest BCUT2D eigenvalue weighted by molar-refractivity contribution is 8.14. The molecule has 0 bridgehead atoms. The fourth-order valence-electron chi connectivity index (χ4n) is 0.890. The Morgan fingerprint density at radius 2 is 1.83 bits per heavy atom. The lowest BCUT2D eigenvalue weighted by Crippen LogP contribution is -1.95. The standard InChI is InChI=1S/C11H16N2OS4/c1-4-5-16-10-12-13-11(18-10)17-7-6-15-9(14)8(2)3/h2,4-7H2,1,3H3. The smallest absolute Gasteiger partial charge is 0.214 e. The zero-order chi connectivity index (χ0) is 13.4.